The van der Waals surface area contributed by atoms with Gasteiger partial charge < -0.3 is 10.2 Å². The molecule has 2 heterocycles. The van der Waals surface area contributed by atoms with Gasteiger partial charge in [0, 0.05) is 19.1 Å². The Bertz CT molecular complexity index is 500. The summed E-state index contributed by atoms with van der Waals surface area (Å²) >= 11 is 0. The molecule has 1 amide bonds. The van der Waals surface area contributed by atoms with E-state index in [4.69, 9.17) is 0 Å². The van der Waals surface area contributed by atoms with E-state index in [1.165, 1.54) is 11.1 Å². The van der Waals surface area contributed by atoms with Gasteiger partial charge in [0.25, 0.3) is 0 Å². The van der Waals surface area contributed by atoms with Gasteiger partial charge >= 0.3 is 0 Å². The number of piperidine rings is 1. The Labute approximate surface area is 121 Å². The SMILES string of the molecule is CC1CCN(C(=O)[C@H]2Cc3ccccc3CN2)C(C)C1. The number of fused-ring (bicyclic) bond motifs is 1. The average Bonchev–Trinajstić information content (AvgIpc) is 2.46. The van der Waals surface area contributed by atoms with Crippen LogP contribution in [0.2, 0.25) is 0 Å². The Kier molecular flexibility index (Phi) is 3.79. The number of amides is 1. The summed E-state index contributed by atoms with van der Waals surface area (Å²) in [6, 6.07) is 8.77. The fourth-order valence-electron chi connectivity index (χ4n) is 3.56. The van der Waals surface area contributed by atoms with E-state index < -0.39 is 0 Å². The van der Waals surface area contributed by atoms with E-state index in [1.54, 1.807) is 0 Å². The molecule has 0 aliphatic carbocycles. The van der Waals surface area contributed by atoms with Crippen LogP contribution in [0.5, 0.6) is 0 Å². The molecule has 1 aromatic rings. The number of hydrogen-bond acceptors (Lipinski definition) is 2. The third-order valence-electron chi connectivity index (χ3n) is 4.80. The van der Waals surface area contributed by atoms with Gasteiger partial charge in [-0.05, 0) is 43.2 Å². The highest BCUT2D eigenvalue weighted by atomic mass is 16.2. The van der Waals surface area contributed by atoms with Crippen molar-refractivity contribution in [3.8, 4) is 0 Å². The lowest BCUT2D eigenvalue weighted by molar-refractivity contribution is -0.137. The average molecular weight is 272 g/mol. The minimum atomic E-state index is -0.0410. The van der Waals surface area contributed by atoms with Crippen LogP contribution in [0.25, 0.3) is 0 Å². The van der Waals surface area contributed by atoms with Gasteiger partial charge in [-0.15, -0.1) is 0 Å². The molecule has 0 radical (unpaired) electrons. The Hall–Kier alpha value is -1.35. The Morgan fingerprint density at radius 1 is 1.25 bits per heavy atom. The maximum atomic E-state index is 12.7. The van der Waals surface area contributed by atoms with E-state index in [0.29, 0.717) is 11.9 Å². The third-order valence-corrected chi connectivity index (χ3v) is 4.80. The molecule has 0 spiro atoms. The van der Waals surface area contributed by atoms with Crippen LogP contribution in [-0.2, 0) is 17.8 Å². The molecule has 3 rings (SSSR count). The van der Waals surface area contributed by atoms with Gasteiger partial charge in [-0.1, -0.05) is 31.2 Å². The number of likely N-dealkylation sites (tertiary alicyclic amines) is 1. The zero-order chi connectivity index (χ0) is 14.1. The van der Waals surface area contributed by atoms with Crippen LogP contribution < -0.4 is 5.32 Å². The molecule has 0 saturated carbocycles. The number of carbonyl (C=O) groups is 1. The normalized spacial score (nSPS) is 29.9. The van der Waals surface area contributed by atoms with Crippen LogP contribution in [0.1, 0.15) is 37.8 Å². The number of nitrogens with zero attached hydrogens (tertiary/aromatic N) is 1. The van der Waals surface area contributed by atoms with Crippen molar-refractivity contribution in [1.82, 2.24) is 10.2 Å². The first kappa shape index (κ1) is 13.6. The zero-order valence-corrected chi connectivity index (χ0v) is 12.4. The Balaban J connectivity index is 1.70. The van der Waals surface area contributed by atoms with Gasteiger partial charge in [-0.3, -0.25) is 4.79 Å². The summed E-state index contributed by atoms with van der Waals surface area (Å²) in [5, 5.41) is 3.41. The molecule has 20 heavy (non-hydrogen) atoms. The van der Waals surface area contributed by atoms with Gasteiger partial charge in [0.15, 0.2) is 0 Å². The molecule has 1 N–H and O–H groups in total. The van der Waals surface area contributed by atoms with Crippen LogP contribution >= 0.6 is 0 Å². The number of carbonyl (C=O) groups excluding carboxylic acids is 1. The molecule has 2 aliphatic rings. The summed E-state index contributed by atoms with van der Waals surface area (Å²) in [5.41, 5.74) is 2.65. The number of rotatable bonds is 1. The van der Waals surface area contributed by atoms with E-state index >= 15 is 0 Å². The molecule has 1 saturated heterocycles. The van der Waals surface area contributed by atoms with Gasteiger partial charge in [0.1, 0.15) is 0 Å². The van der Waals surface area contributed by atoms with Gasteiger partial charge in [-0.2, -0.15) is 0 Å². The number of benzene rings is 1. The second-order valence-electron chi connectivity index (χ2n) is 6.42. The fraction of sp³-hybridized carbons (Fsp3) is 0.588. The van der Waals surface area contributed by atoms with Crippen molar-refractivity contribution in [2.24, 2.45) is 5.92 Å². The molecule has 3 nitrogen and oxygen atoms in total. The lowest BCUT2D eigenvalue weighted by Gasteiger charge is -2.39. The highest BCUT2D eigenvalue weighted by Crippen LogP contribution is 2.24. The smallest absolute Gasteiger partial charge is 0.240 e. The molecule has 0 aromatic heterocycles. The first-order valence-electron chi connectivity index (χ1n) is 7.76. The van der Waals surface area contributed by atoms with Crippen LogP contribution in [0.15, 0.2) is 24.3 Å². The van der Waals surface area contributed by atoms with Crippen molar-refractivity contribution < 1.29 is 4.79 Å². The second kappa shape index (κ2) is 5.57. The van der Waals surface area contributed by atoms with Crippen molar-refractivity contribution in [3.05, 3.63) is 35.4 Å². The van der Waals surface area contributed by atoms with E-state index in [0.717, 1.165) is 38.3 Å². The molecular formula is C17H24N2O. The highest BCUT2D eigenvalue weighted by Gasteiger charge is 2.32. The maximum absolute atomic E-state index is 12.7. The molecule has 3 heteroatoms. The summed E-state index contributed by atoms with van der Waals surface area (Å²) < 4.78 is 0. The monoisotopic (exact) mass is 272 g/mol. The zero-order valence-electron chi connectivity index (χ0n) is 12.4. The lowest BCUT2D eigenvalue weighted by Crippen LogP contribution is -2.54. The third kappa shape index (κ3) is 2.59. The van der Waals surface area contributed by atoms with Crippen molar-refractivity contribution in [2.75, 3.05) is 6.54 Å². The molecule has 0 bridgehead atoms. The van der Waals surface area contributed by atoms with Crippen LogP contribution in [0.4, 0.5) is 0 Å². The molecule has 108 valence electrons. The minimum Gasteiger partial charge on any atom is -0.339 e. The van der Waals surface area contributed by atoms with Crippen molar-refractivity contribution >= 4 is 5.91 Å². The second-order valence-corrected chi connectivity index (χ2v) is 6.42. The summed E-state index contributed by atoms with van der Waals surface area (Å²) in [6.07, 6.45) is 3.10. The Morgan fingerprint density at radius 3 is 2.75 bits per heavy atom. The van der Waals surface area contributed by atoms with E-state index in [9.17, 15) is 4.79 Å². The quantitative estimate of drug-likeness (QED) is 0.851. The van der Waals surface area contributed by atoms with Crippen molar-refractivity contribution in [2.45, 2.75) is 51.7 Å². The van der Waals surface area contributed by atoms with Crippen molar-refractivity contribution in [1.29, 1.82) is 0 Å². The lowest BCUT2D eigenvalue weighted by atomic mass is 9.91. The summed E-state index contributed by atoms with van der Waals surface area (Å²) in [4.78, 5) is 14.8. The molecular weight excluding hydrogens is 248 g/mol. The standard InChI is InChI=1S/C17H24N2O/c1-12-7-8-19(13(2)9-12)17(20)16-10-14-5-3-4-6-15(14)11-18-16/h3-6,12-13,16,18H,7-11H2,1-2H3/t12?,13?,16-/m1/s1. The number of hydrogen-bond donors (Lipinski definition) is 1. The summed E-state index contributed by atoms with van der Waals surface area (Å²) in [6.45, 7) is 6.20. The molecule has 1 fully saturated rings. The molecule has 2 aliphatic heterocycles. The fourth-order valence-corrected chi connectivity index (χ4v) is 3.56. The summed E-state index contributed by atoms with van der Waals surface area (Å²) in [7, 11) is 0. The topological polar surface area (TPSA) is 32.3 Å². The van der Waals surface area contributed by atoms with E-state index in [-0.39, 0.29) is 6.04 Å². The maximum Gasteiger partial charge on any atom is 0.240 e. The molecule has 2 unspecified atom stereocenters. The molecule has 3 atom stereocenters. The van der Waals surface area contributed by atoms with Gasteiger partial charge in [-0.25, -0.2) is 0 Å². The molecule has 1 aromatic carbocycles. The van der Waals surface area contributed by atoms with Gasteiger partial charge in [0.2, 0.25) is 5.91 Å². The summed E-state index contributed by atoms with van der Waals surface area (Å²) in [5.74, 6) is 1.04. The number of nitrogens with one attached hydrogen (secondary N) is 1. The first-order chi connectivity index (χ1) is 9.65. The van der Waals surface area contributed by atoms with Crippen LogP contribution in [-0.4, -0.2) is 29.4 Å². The van der Waals surface area contributed by atoms with Crippen LogP contribution in [0, 0.1) is 5.92 Å². The first-order valence-corrected chi connectivity index (χ1v) is 7.76. The Morgan fingerprint density at radius 2 is 2.00 bits per heavy atom. The predicted molar refractivity (Wildman–Crippen MR) is 80.3 cm³/mol. The van der Waals surface area contributed by atoms with E-state index in [1.807, 2.05) is 0 Å². The van der Waals surface area contributed by atoms with Crippen LogP contribution in [0.3, 0.4) is 0 Å². The van der Waals surface area contributed by atoms with Gasteiger partial charge in [0.05, 0.1) is 6.04 Å². The predicted octanol–water partition coefficient (Wildman–Crippen LogP) is 2.35. The minimum absolute atomic E-state index is 0.0410. The largest absolute Gasteiger partial charge is 0.339 e. The highest BCUT2D eigenvalue weighted by molar-refractivity contribution is 5.83. The van der Waals surface area contributed by atoms with Crippen molar-refractivity contribution in [3.63, 3.8) is 0 Å². The van der Waals surface area contributed by atoms with E-state index in [2.05, 4.69) is 48.3 Å².